The van der Waals surface area contributed by atoms with Crippen molar-refractivity contribution in [2.24, 2.45) is 0 Å². The van der Waals surface area contributed by atoms with Gasteiger partial charge in [-0.05, 0) is 24.3 Å². The van der Waals surface area contributed by atoms with E-state index >= 15 is 0 Å². The third kappa shape index (κ3) is 2.69. The predicted octanol–water partition coefficient (Wildman–Crippen LogP) is 3.53. The number of hydrogen-bond acceptors (Lipinski definition) is 5. The first-order valence-electron chi connectivity index (χ1n) is 5.44. The average molecular weight is 277 g/mol. The zero-order chi connectivity index (χ0) is 14.7. The van der Waals surface area contributed by atoms with E-state index < -0.39 is 9.85 Å². The molecule has 0 saturated carbocycles. The van der Waals surface area contributed by atoms with Crippen molar-refractivity contribution in [2.75, 3.05) is 5.12 Å². The molecule has 0 radical (unpaired) electrons. The highest BCUT2D eigenvalue weighted by molar-refractivity contribution is 5.62. The van der Waals surface area contributed by atoms with Crippen molar-refractivity contribution in [1.82, 2.24) is 0 Å². The Bertz CT molecular complexity index is 585. The van der Waals surface area contributed by atoms with Crippen LogP contribution in [-0.4, -0.2) is 9.85 Å². The molecule has 0 aromatic heterocycles. The van der Waals surface area contributed by atoms with E-state index in [1.807, 2.05) is 0 Å². The first-order chi connectivity index (χ1) is 9.49. The Labute approximate surface area is 112 Å². The lowest BCUT2D eigenvalue weighted by molar-refractivity contribution is -0.385. The van der Waals surface area contributed by atoms with E-state index in [2.05, 4.69) is 0 Å². The van der Waals surface area contributed by atoms with Crippen LogP contribution in [0.2, 0.25) is 0 Å². The summed E-state index contributed by atoms with van der Waals surface area (Å²) in [4.78, 5) is 19.8. The molecule has 0 aliphatic rings. The van der Waals surface area contributed by atoms with E-state index in [0.717, 1.165) is 0 Å². The Morgan fingerprint density at radius 2 is 1.05 bits per heavy atom. The first kappa shape index (κ1) is 13.4. The van der Waals surface area contributed by atoms with Gasteiger partial charge >= 0.3 is 0 Å². The minimum absolute atomic E-state index is 0.0875. The molecule has 0 N–H and O–H groups in total. The van der Waals surface area contributed by atoms with E-state index in [1.54, 1.807) is 0 Å². The minimum Gasteiger partial charge on any atom is -0.258 e. The van der Waals surface area contributed by atoms with Crippen LogP contribution in [-0.2, 0) is 0 Å². The molecule has 8 heteroatoms. The Hall–Kier alpha value is -3.03. The average Bonchev–Trinajstić information content (AvgIpc) is 2.46. The van der Waals surface area contributed by atoms with Gasteiger partial charge in [-0.15, -0.1) is 0 Å². The van der Waals surface area contributed by atoms with Crippen LogP contribution in [0.1, 0.15) is 0 Å². The highest BCUT2D eigenvalue weighted by Crippen LogP contribution is 2.28. The zero-order valence-corrected chi connectivity index (χ0v) is 9.97. The Kier molecular flexibility index (Phi) is 3.56. The van der Waals surface area contributed by atoms with E-state index in [0.29, 0.717) is 0 Å². The maximum Gasteiger partial charge on any atom is 0.269 e. The van der Waals surface area contributed by atoms with Gasteiger partial charge in [0, 0.05) is 24.3 Å². The van der Waals surface area contributed by atoms with Crippen molar-refractivity contribution < 1.29 is 14.3 Å². The maximum absolute atomic E-state index is 14.0. The van der Waals surface area contributed by atoms with Gasteiger partial charge in [0.25, 0.3) is 11.4 Å². The van der Waals surface area contributed by atoms with Gasteiger partial charge in [0.2, 0.25) is 0 Å². The molecule has 0 amide bonds. The molecular formula is C12H8FN3O4. The molecule has 0 aliphatic carbocycles. The molecule has 0 bridgehead atoms. The summed E-state index contributed by atoms with van der Waals surface area (Å²) in [5, 5.41) is 21.3. The molecular weight excluding hydrogens is 269 g/mol. The largest absolute Gasteiger partial charge is 0.269 e. The van der Waals surface area contributed by atoms with Crippen molar-refractivity contribution in [2.45, 2.75) is 0 Å². The van der Waals surface area contributed by atoms with Gasteiger partial charge in [-0.3, -0.25) is 20.2 Å². The standard InChI is InChI=1S/C12H8FN3O4/c13-14(9-1-5-11(6-2-9)15(17)18)10-3-7-12(8-4-10)16(19)20/h1-8H. The molecule has 0 spiro atoms. The number of benzene rings is 2. The highest BCUT2D eigenvalue weighted by Gasteiger charge is 2.12. The minimum atomic E-state index is -0.585. The molecule has 0 atom stereocenters. The molecule has 2 aromatic rings. The second-order valence-corrected chi connectivity index (χ2v) is 3.83. The maximum atomic E-state index is 14.0. The van der Waals surface area contributed by atoms with Crippen molar-refractivity contribution in [3.63, 3.8) is 0 Å². The number of hydrogen-bond donors (Lipinski definition) is 0. The first-order valence-corrected chi connectivity index (χ1v) is 5.44. The van der Waals surface area contributed by atoms with E-state index in [1.165, 1.54) is 48.5 Å². The Morgan fingerprint density at radius 3 is 1.30 bits per heavy atom. The molecule has 2 rings (SSSR count). The summed E-state index contributed by atoms with van der Waals surface area (Å²) < 4.78 is 14.0. The van der Waals surface area contributed by atoms with Gasteiger partial charge in [0.15, 0.2) is 0 Å². The fourth-order valence-corrected chi connectivity index (χ4v) is 1.56. The number of nitro groups is 2. The molecule has 2 aromatic carbocycles. The molecule has 0 unspecified atom stereocenters. The lowest BCUT2D eigenvalue weighted by atomic mass is 10.2. The van der Waals surface area contributed by atoms with E-state index in [-0.39, 0.29) is 27.9 Å². The fraction of sp³-hybridized carbons (Fsp3) is 0. The van der Waals surface area contributed by atoms with Gasteiger partial charge in [-0.2, -0.15) is 5.12 Å². The normalized spacial score (nSPS) is 10.1. The SMILES string of the molecule is O=[N+]([O-])c1ccc(N(F)c2ccc([N+](=O)[O-])cc2)cc1. The van der Waals surface area contributed by atoms with Crippen LogP contribution < -0.4 is 5.12 Å². The second-order valence-electron chi connectivity index (χ2n) is 3.83. The second kappa shape index (κ2) is 5.31. The summed E-state index contributed by atoms with van der Waals surface area (Å²) in [6, 6.07) is 9.69. The van der Waals surface area contributed by atoms with Crippen LogP contribution >= 0.6 is 0 Å². The highest BCUT2D eigenvalue weighted by atomic mass is 19.2. The Balaban J connectivity index is 2.24. The third-order valence-electron chi connectivity index (χ3n) is 2.57. The molecule has 0 aliphatic heterocycles. The monoisotopic (exact) mass is 277 g/mol. The van der Waals surface area contributed by atoms with Crippen LogP contribution in [0.15, 0.2) is 48.5 Å². The summed E-state index contributed by atoms with van der Waals surface area (Å²) in [5.41, 5.74) is -0.120. The van der Waals surface area contributed by atoms with Gasteiger partial charge in [-0.1, -0.05) is 4.48 Å². The van der Waals surface area contributed by atoms with E-state index in [9.17, 15) is 24.7 Å². The Morgan fingerprint density at radius 1 is 0.750 bits per heavy atom. The molecule has 0 saturated heterocycles. The van der Waals surface area contributed by atoms with Crippen LogP contribution in [0.5, 0.6) is 0 Å². The van der Waals surface area contributed by atoms with Crippen LogP contribution in [0, 0.1) is 20.2 Å². The number of non-ortho nitro benzene ring substituents is 2. The van der Waals surface area contributed by atoms with Gasteiger partial charge in [0.1, 0.15) is 0 Å². The lowest BCUT2D eigenvalue weighted by Gasteiger charge is -2.13. The summed E-state index contributed by atoms with van der Waals surface area (Å²) >= 11 is 0. The smallest absolute Gasteiger partial charge is 0.258 e. The third-order valence-corrected chi connectivity index (χ3v) is 2.57. The van der Waals surface area contributed by atoms with Crippen LogP contribution in [0.4, 0.5) is 27.2 Å². The number of rotatable bonds is 4. The van der Waals surface area contributed by atoms with E-state index in [4.69, 9.17) is 0 Å². The molecule has 0 fully saturated rings. The summed E-state index contributed by atoms with van der Waals surface area (Å²) in [6.45, 7) is 0. The summed E-state index contributed by atoms with van der Waals surface area (Å²) in [6.07, 6.45) is 0. The number of nitro benzene ring substituents is 2. The lowest BCUT2D eigenvalue weighted by Crippen LogP contribution is -2.03. The van der Waals surface area contributed by atoms with Crippen LogP contribution in [0.3, 0.4) is 0 Å². The number of anilines is 2. The summed E-state index contributed by atoms with van der Waals surface area (Å²) in [7, 11) is 0. The molecule has 20 heavy (non-hydrogen) atoms. The van der Waals surface area contributed by atoms with Gasteiger partial charge < -0.3 is 0 Å². The molecule has 102 valence electrons. The number of halogens is 1. The topological polar surface area (TPSA) is 89.5 Å². The van der Waals surface area contributed by atoms with Gasteiger partial charge in [-0.25, -0.2) is 0 Å². The fourth-order valence-electron chi connectivity index (χ4n) is 1.56. The van der Waals surface area contributed by atoms with Crippen molar-refractivity contribution in [3.8, 4) is 0 Å². The predicted molar refractivity (Wildman–Crippen MR) is 69.4 cm³/mol. The van der Waals surface area contributed by atoms with Crippen LogP contribution in [0.25, 0.3) is 0 Å². The van der Waals surface area contributed by atoms with Crippen molar-refractivity contribution in [3.05, 3.63) is 68.8 Å². The van der Waals surface area contributed by atoms with Crippen molar-refractivity contribution >= 4 is 22.7 Å². The molecule has 0 heterocycles. The van der Waals surface area contributed by atoms with Crippen molar-refractivity contribution in [1.29, 1.82) is 0 Å². The molecule has 7 nitrogen and oxygen atoms in total. The quantitative estimate of drug-likeness (QED) is 0.484. The summed E-state index contributed by atoms with van der Waals surface area (Å²) in [5.74, 6) is 0. The van der Waals surface area contributed by atoms with Gasteiger partial charge in [0.05, 0.1) is 21.2 Å². The number of nitrogens with zero attached hydrogens (tertiary/aromatic N) is 3. The zero-order valence-electron chi connectivity index (χ0n) is 9.97.